The lowest BCUT2D eigenvalue weighted by molar-refractivity contribution is 0.0599. The van der Waals surface area contributed by atoms with Gasteiger partial charge in [-0.2, -0.15) is 0 Å². The number of hydrogen-bond donors (Lipinski definition) is 2. The van der Waals surface area contributed by atoms with Crippen molar-refractivity contribution in [2.45, 2.75) is 39.7 Å². The van der Waals surface area contributed by atoms with Crippen LogP contribution in [0.25, 0.3) is 0 Å². The summed E-state index contributed by atoms with van der Waals surface area (Å²) in [5.41, 5.74) is 0.461. The topological polar surface area (TPSA) is 79.1 Å². The third-order valence-electron chi connectivity index (χ3n) is 4.85. The quantitative estimate of drug-likeness (QED) is 0.201. The fraction of sp³-hybridized carbons (Fsp3) is 0.684. The minimum Gasteiger partial charge on any atom is -0.465 e. The first kappa shape index (κ1) is 23.7. The predicted molar refractivity (Wildman–Crippen MR) is 118 cm³/mol. The molecule has 1 fully saturated rings. The maximum Gasteiger partial charge on any atom is 0.341 e. The molecule has 0 spiro atoms. The molecule has 0 bridgehead atoms. The van der Waals surface area contributed by atoms with Crippen LogP contribution in [0.1, 0.15) is 48.1 Å². The number of guanidine groups is 1. The molecule has 7 nitrogen and oxygen atoms in total. The molecule has 1 aromatic heterocycles. The van der Waals surface area contributed by atoms with E-state index in [-0.39, 0.29) is 29.9 Å². The Hall–Kier alpha value is -1.29. The summed E-state index contributed by atoms with van der Waals surface area (Å²) in [6.07, 6.45) is 3.71. The first-order valence-corrected chi connectivity index (χ1v) is 9.38. The van der Waals surface area contributed by atoms with Gasteiger partial charge in [-0.3, -0.25) is 4.99 Å². The average Bonchev–Trinajstić information content (AvgIpc) is 3.02. The van der Waals surface area contributed by atoms with Gasteiger partial charge >= 0.3 is 5.97 Å². The fourth-order valence-corrected chi connectivity index (χ4v) is 3.13. The highest BCUT2D eigenvalue weighted by molar-refractivity contribution is 14.0. The van der Waals surface area contributed by atoms with Gasteiger partial charge in [-0.1, -0.05) is 6.92 Å². The normalized spacial score (nSPS) is 15.9. The molecule has 0 aliphatic carbocycles. The van der Waals surface area contributed by atoms with Crippen molar-refractivity contribution in [1.82, 2.24) is 15.5 Å². The van der Waals surface area contributed by atoms with Crippen LogP contribution in [0.3, 0.4) is 0 Å². The largest absolute Gasteiger partial charge is 0.465 e. The Morgan fingerprint density at radius 2 is 2.07 bits per heavy atom. The molecule has 8 heteroatoms. The third-order valence-corrected chi connectivity index (χ3v) is 4.85. The number of methoxy groups -OCH3 is 1. The number of rotatable bonds is 7. The van der Waals surface area contributed by atoms with Crippen LogP contribution in [-0.2, 0) is 11.3 Å². The van der Waals surface area contributed by atoms with E-state index in [1.807, 2.05) is 0 Å². The first-order chi connectivity index (χ1) is 12.5. The molecule has 2 rings (SSSR count). The van der Waals surface area contributed by atoms with E-state index in [0.717, 1.165) is 31.4 Å². The van der Waals surface area contributed by atoms with E-state index in [1.54, 1.807) is 20.0 Å². The second-order valence-corrected chi connectivity index (χ2v) is 6.90. The standard InChI is InChI=1S/C19H32N4O3.HI/c1-14-6-10-23(11-7-14)9-5-8-21-19(20-3)22-13-16-12-17(15(2)26-16)18(24)25-4;/h12,14H,5-11,13H2,1-4H3,(H2,20,21,22);1H. The van der Waals surface area contributed by atoms with E-state index in [9.17, 15) is 4.79 Å². The van der Waals surface area contributed by atoms with Crippen molar-refractivity contribution in [2.24, 2.45) is 10.9 Å². The second kappa shape index (κ2) is 12.2. The van der Waals surface area contributed by atoms with Gasteiger partial charge in [0.05, 0.1) is 13.7 Å². The predicted octanol–water partition coefficient (Wildman–Crippen LogP) is 2.78. The fourth-order valence-electron chi connectivity index (χ4n) is 3.13. The van der Waals surface area contributed by atoms with Crippen LogP contribution in [0.2, 0.25) is 0 Å². The van der Waals surface area contributed by atoms with Crippen molar-refractivity contribution >= 4 is 35.9 Å². The van der Waals surface area contributed by atoms with E-state index in [0.29, 0.717) is 23.6 Å². The van der Waals surface area contributed by atoms with Crippen molar-refractivity contribution in [3.63, 3.8) is 0 Å². The van der Waals surface area contributed by atoms with Crippen molar-refractivity contribution < 1.29 is 13.9 Å². The number of aryl methyl sites for hydroxylation is 1. The molecular weight excluding hydrogens is 459 g/mol. The highest BCUT2D eigenvalue weighted by Crippen LogP contribution is 2.16. The number of halogens is 1. The third kappa shape index (κ3) is 7.69. The number of aliphatic imine (C=N–C) groups is 1. The number of carbonyl (C=O) groups is 1. The lowest BCUT2D eigenvalue weighted by Gasteiger charge is -2.30. The molecule has 1 aliphatic rings. The number of piperidine rings is 1. The Morgan fingerprint density at radius 3 is 2.70 bits per heavy atom. The molecule has 154 valence electrons. The van der Waals surface area contributed by atoms with Crippen molar-refractivity contribution in [3.05, 3.63) is 23.2 Å². The molecule has 0 unspecified atom stereocenters. The lowest BCUT2D eigenvalue weighted by atomic mass is 9.99. The van der Waals surface area contributed by atoms with Gasteiger partial charge in [-0.15, -0.1) is 24.0 Å². The average molecular weight is 492 g/mol. The zero-order chi connectivity index (χ0) is 18.9. The van der Waals surface area contributed by atoms with E-state index in [4.69, 9.17) is 9.15 Å². The number of esters is 1. The van der Waals surface area contributed by atoms with Gasteiger partial charge in [-0.05, 0) is 57.8 Å². The second-order valence-electron chi connectivity index (χ2n) is 6.90. The molecular formula is C19H33IN4O3. The molecule has 0 amide bonds. The minimum absolute atomic E-state index is 0. The Bertz CT molecular complexity index is 610. The number of nitrogens with one attached hydrogen (secondary N) is 2. The Labute approximate surface area is 179 Å². The summed E-state index contributed by atoms with van der Waals surface area (Å²) in [5, 5.41) is 6.53. The zero-order valence-electron chi connectivity index (χ0n) is 16.8. The molecule has 1 saturated heterocycles. The Kier molecular flexibility index (Phi) is 10.8. The SMILES string of the molecule is CN=C(NCCCN1CCC(C)CC1)NCc1cc(C(=O)OC)c(C)o1.I. The smallest absolute Gasteiger partial charge is 0.341 e. The maximum absolute atomic E-state index is 11.6. The summed E-state index contributed by atoms with van der Waals surface area (Å²) in [6.45, 7) is 8.98. The molecule has 27 heavy (non-hydrogen) atoms. The summed E-state index contributed by atoms with van der Waals surface area (Å²) >= 11 is 0. The lowest BCUT2D eigenvalue weighted by Crippen LogP contribution is -2.39. The molecule has 2 N–H and O–H groups in total. The Morgan fingerprint density at radius 1 is 1.37 bits per heavy atom. The van der Waals surface area contributed by atoms with Crippen LogP contribution in [0, 0.1) is 12.8 Å². The van der Waals surface area contributed by atoms with Crippen LogP contribution < -0.4 is 10.6 Å². The number of ether oxygens (including phenoxy) is 1. The van der Waals surface area contributed by atoms with Gasteiger partial charge in [0.25, 0.3) is 0 Å². The molecule has 0 aromatic carbocycles. The highest BCUT2D eigenvalue weighted by Gasteiger charge is 2.16. The number of nitrogens with zero attached hydrogens (tertiary/aromatic N) is 2. The van der Waals surface area contributed by atoms with Gasteiger partial charge in [0.2, 0.25) is 0 Å². The summed E-state index contributed by atoms with van der Waals surface area (Å²) in [5.74, 6) is 2.45. The Balaban J connectivity index is 0.00000364. The molecule has 2 heterocycles. The number of likely N-dealkylation sites (tertiary alicyclic amines) is 1. The number of hydrogen-bond acceptors (Lipinski definition) is 5. The highest BCUT2D eigenvalue weighted by atomic mass is 127. The zero-order valence-corrected chi connectivity index (χ0v) is 19.2. The molecule has 0 atom stereocenters. The van der Waals surface area contributed by atoms with E-state index < -0.39 is 0 Å². The van der Waals surface area contributed by atoms with E-state index >= 15 is 0 Å². The molecule has 0 radical (unpaired) electrons. The first-order valence-electron chi connectivity index (χ1n) is 9.38. The minimum atomic E-state index is -0.382. The van der Waals surface area contributed by atoms with Crippen molar-refractivity contribution in [1.29, 1.82) is 0 Å². The summed E-state index contributed by atoms with van der Waals surface area (Å²) in [6, 6.07) is 1.71. The summed E-state index contributed by atoms with van der Waals surface area (Å²) in [7, 11) is 3.11. The van der Waals surface area contributed by atoms with Crippen molar-refractivity contribution in [2.75, 3.05) is 40.3 Å². The van der Waals surface area contributed by atoms with E-state index in [1.165, 1.54) is 33.0 Å². The molecule has 1 aromatic rings. The van der Waals surface area contributed by atoms with Crippen LogP contribution >= 0.6 is 24.0 Å². The molecule has 0 saturated carbocycles. The van der Waals surface area contributed by atoms with Gasteiger partial charge < -0.3 is 24.7 Å². The molecule has 1 aliphatic heterocycles. The summed E-state index contributed by atoms with van der Waals surface area (Å²) in [4.78, 5) is 18.4. The number of carbonyl (C=O) groups excluding carboxylic acids is 1. The van der Waals surface area contributed by atoms with Crippen molar-refractivity contribution in [3.8, 4) is 0 Å². The van der Waals surface area contributed by atoms with Crippen LogP contribution in [0.5, 0.6) is 0 Å². The van der Waals surface area contributed by atoms with Crippen LogP contribution in [-0.4, -0.2) is 57.2 Å². The number of furan rings is 1. The van der Waals surface area contributed by atoms with Gasteiger partial charge in [-0.25, -0.2) is 4.79 Å². The van der Waals surface area contributed by atoms with Gasteiger partial charge in [0.1, 0.15) is 17.1 Å². The maximum atomic E-state index is 11.6. The monoisotopic (exact) mass is 492 g/mol. The van der Waals surface area contributed by atoms with Gasteiger partial charge in [0.15, 0.2) is 5.96 Å². The van der Waals surface area contributed by atoms with Crippen LogP contribution in [0.4, 0.5) is 0 Å². The van der Waals surface area contributed by atoms with E-state index in [2.05, 4.69) is 27.4 Å². The summed E-state index contributed by atoms with van der Waals surface area (Å²) < 4.78 is 10.3. The van der Waals surface area contributed by atoms with Gasteiger partial charge in [0, 0.05) is 13.6 Å². The van der Waals surface area contributed by atoms with Crippen LogP contribution in [0.15, 0.2) is 15.5 Å².